The molecule has 0 saturated heterocycles. The normalized spacial score (nSPS) is 13.2. The summed E-state index contributed by atoms with van der Waals surface area (Å²) in [5.41, 5.74) is 9.51. The molecule has 4 aromatic rings. The van der Waals surface area contributed by atoms with Gasteiger partial charge in [-0.15, -0.1) is 0 Å². The zero-order valence-corrected chi connectivity index (χ0v) is 16.5. The van der Waals surface area contributed by atoms with Gasteiger partial charge in [-0.3, -0.25) is 4.79 Å². The Bertz CT molecular complexity index is 1210. The smallest absolute Gasteiger partial charge is 0.251 e. The molecule has 4 rings (SSSR count). The third-order valence-electron chi connectivity index (χ3n) is 5.02. The number of nitrogens with two attached hydrogens (primary N) is 1. The summed E-state index contributed by atoms with van der Waals surface area (Å²) in [6.45, 7) is 3.80. The minimum absolute atomic E-state index is 0.0762. The van der Waals surface area contributed by atoms with Crippen molar-refractivity contribution >= 4 is 10.9 Å². The number of hydrogen-bond acceptors (Lipinski definition) is 4. The molecule has 0 saturated carbocycles. The minimum Gasteiger partial charge on any atom is -0.439 e. The number of nitrogens with one attached hydrogen (secondary N) is 1. The maximum absolute atomic E-state index is 12.0. The van der Waals surface area contributed by atoms with Gasteiger partial charge in [0.05, 0.1) is 0 Å². The van der Waals surface area contributed by atoms with Crippen LogP contribution in [0, 0.1) is 6.92 Å². The number of aryl methyl sites for hydroxylation is 1. The van der Waals surface area contributed by atoms with Crippen LogP contribution in [0.3, 0.4) is 0 Å². The number of benzene rings is 2. The van der Waals surface area contributed by atoms with Gasteiger partial charge in [0.2, 0.25) is 5.88 Å². The highest BCUT2D eigenvalue weighted by Crippen LogP contribution is 2.28. The Morgan fingerprint density at radius 1 is 1.07 bits per heavy atom. The van der Waals surface area contributed by atoms with Crippen LogP contribution in [0.25, 0.3) is 10.9 Å². The van der Waals surface area contributed by atoms with Crippen molar-refractivity contribution in [1.82, 2.24) is 9.97 Å². The third kappa shape index (κ3) is 4.20. The lowest BCUT2D eigenvalue weighted by molar-refractivity contribution is 0.458. The summed E-state index contributed by atoms with van der Waals surface area (Å²) in [4.78, 5) is 19.1. The first-order chi connectivity index (χ1) is 13.9. The lowest BCUT2D eigenvalue weighted by atomic mass is 9.86. The van der Waals surface area contributed by atoms with Crippen LogP contribution in [0.4, 0.5) is 0 Å². The van der Waals surface area contributed by atoms with Gasteiger partial charge in [0.15, 0.2) is 0 Å². The van der Waals surface area contributed by atoms with Crippen molar-refractivity contribution in [2.45, 2.75) is 25.8 Å². The molecule has 1 atom stereocenters. The van der Waals surface area contributed by atoms with Gasteiger partial charge >= 0.3 is 0 Å². The number of aromatic amines is 1. The fraction of sp³-hybridized carbons (Fsp3) is 0.167. The predicted molar refractivity (Wildman–Crippen MR) is 115 cm³/mol. The van der Waals surface area contributed by atoms with Crippen LogP contribution < -0.4 is 16.0 Å². The number of nitrogens with zero attached hydrogens (tertiary/aromatic N) is 1. The fourth-order valence-corrected chi connectivity index (χ4v) is 3.44. The number of fused-ring (bicyclic) bond motifs is 1. The first-order valence-electron chi connectivity index (χ1n) is 9.52. The van der Waals surface area contributed by atoms with Crippen LogP contribution in [0.5, 0.6) is 11.6 Å². The van der Waals surface area contributed by atoms with Crippen molar-refractivity contribution < 1.29 is 4.74 Å². The van der Waals surface area contributed by atoms with Crippen molar-refractivity contribution in [2.75, 3.05) is 0 Å². The van der Waals surface area contributed by atoms with Gasteiger partial charge in [-0.25, -0.2) is 4.98 Å². The van der Waals surface area contributed by atoms with Crippen LogP contribution in [0.1, 0.15) is 23.6 Å². The molecule has 2 aromatic carbocycles. The van der Waals surface area contributed by atoms with Gasteiger partial charge in [0.25, 0.3) is 5.56 Å². The molecule has 3 N–H and O–H groups in total. The molecule has 0 amide bonds. The van der Waals surface area contributed by atoms with Crippen LogP contribution in [-0.2, 0) is 12.0 Å². The molecular weight excluding hydrogens is 362 g/mol. The topological polar surface area (TPSA) is 81.0 Å². The van der Waals surface area contributed by atoms with E-state index in [1.54, 1.807) is 13.1 Å². The second kappa shape index (κ2) is 7.53. The van der Waals surface area contributed by atoms with Crippen LogP contribution in [0.15, 0.2) is 77.7 Å². The van der Waals surface area contributed by atoms with E-state index in [0.29, 0.717) is 17.9 Å². The number of ether oxygens (including phenoxy) is 1. The first-order valence-corrected chi connectivity index (χ1v) is 9.52. The van der Waals surface area contributed by atoms with E-state index in [1.807, 2.05) is 73.7 Å². The maximum atomic E-state index is 12.0. The highest BCUT2D eigenvalue weighted by Gasteiger charge is 2.22. The van der Waals surface area contributed by atoms with Crippen LogP contribution >= 0.6 is 0 Å². The molecule has 1 unspecified atom stereocenters. The molecule has 29 heavy (non-hydrogen) atoms. The lowest BCUT2D eigenvalue weighted by Gasteiger charge is -2.26. The SMILES string of the molecule is Cc1cc2ccc(C(C)(N)Cc3cccc(Oc4ccccn4)c3)cc2[nH]c1=O. The Morgan fingerprint density at radius 3 is 2.72 bits per heavy atom. The summed E-state index contributed by atoms with van der Waals surface area (Å²) >= 11 is 0. The summed E-state index contributed by atoms with van der Waals surface area (Å²) < 4.78 is 5.83. The molecule has 2 aromatic heterocycles. The number of aromatic nitrogens is 2. The fourth-order valence-electron chi connectivity index (χ4n) is 3.44. The molecule has 146 valence electrons. The molecule has 0 aliphatic carbocycles. The predicted octanol–water partition coefficient (Wildman–Crippen LogP) is 4.44. The van der Waals surface area contributed by atoms with Gasteiger partial charge < -0.3 is 15.5 Å². The molecule has 5 nitrogen and oxygen atoms in total. The van der Waals surface area contributed by atoms with E-state index in [2.05, 4.69) is 9.97 Å². The quantitative estimate of drug-likeness (QED) is 0.532. The monoisotopic (exact) mass is 385 g/mol. The van der Waals surface area contributed by atoms with Gasteiger partial charge in [0.1, 0.15) is 5.75 Å². The summed E-state index contributed by atoms with van der Waals surface area (Å²) in [5, 5.41) is 0.993. The summed E-state index contributed by atoms with van der Waals surface area (Å²) in [6, 6.07) is 21.3. The summed E-state index contributed by atoms with van der Waals surface area (Å²) in [6.07, 6.45) is 2.32. The van der Waals surface area contributed by atoms with Gasteiger partial charge in [-0.2, -0.15) is 0 Å². The van der Waals surface area contributed by atoms with Crippen molar-refractivity contribution in [3.63, 3.8) is 0 Å². The number of hydrogen-bond donors (Lipinski definition) is 2. The average Bonchev–Trinajstić information content (AvgIpc) is 2.69. The van der Waals surface area contributed by atoms with Gasteiger partial charge in [-0.1, -0.05) is 30.3 Å². The van der Waals surface area contributed by atoms with E-state index in [4.69, 9.17) is 10.5 Å². The molecule has 0 fully saturated rings. The summed E-state index contributed by atoms with van der Waals surface area (Å²) in [5.74, 6) is 1.27. The van der Waals surface area contributed by atoms with E-state index in [9.17, 15) is 4.79 Å². The van der Waals surface area contributed by atoms with Crippen molar-refractivity contribution in [3.05, 3.63) is 100.0 Å². The number of H-pyrrole nitrogens is 1. The van der Waals surface area contributed by atoms with Crippen molar-refractivity contribution in [3.8, 4) is 11.6 Å². The Morgan fingerprint density at radius 2 is 1.93 bits per heavy atom. The Labute approximate surface area is 169 Å². The zero-order valence-electron chi connectivity index (χ0n) is 16.5. The molecular formula is C24H23N3O2. The minimum atomic E-state index is -0.612. The Kier molecular flexibility index (Phi) is 4.91. The Balaban J connectivity index is 1.60. The Hall–Kier alpha value is -3.44. The highest BCUT2D eigenvalue weighted by atomic mass is 16.5. The van der Waals surface area contributed by atoms with E-state index < -0.39 is 5.54 Å². The largest absolute Gasteiger partial charge is 0.439 e. The molecule has 2 heterocycles. The van der Waals surface area contributed by atoms with E-state index >= 15 is 0 Å². The van der Waals surface area contributed by atoms with E-state index in [0.717, 1.165) is 27.8 Å². The highest BCUT2D eigenvalue weighted by molar-refractivity contribution is 5.79. The third-order valence-corrected chi connectivity index (χ3v) is 5.02. The van der Waals surface area contributed by atoms with Crippen molar-refractivity contribution in [1.29, 1.82) is 0 Å². The standard InChI is InChI=1S/C24H23N3O2/c1-16-12-18-9-10-19(14-21(18)27-23(16)28)24(2,25)15-17-6-5-7-20(13-17)29-22-8-3-4-11-26-22/h3-14H,15,25H2,1-2H3,(H,27,28). The molecule has 0 bridgehead atoms. The average molecular weight is 385 g/mol. The molecule has 0 aliphatic heterocycles. The van der Waals surface area contributed by atoms with Gasteiger partial charge in [-0.05, 0) is 67.1 Å². The van der Waals surface area contributed by atoms with Crippen molar-refractivity contribution in [2.24, 2.45) is 5.73 Å². The van der Waals surface area contributed by atoms with Crippen LogP contribution in [-0.4, -0.2) is 9.97 Å². The number of pyridine rings is 2. The molecule has 0 spiro atoms. The van der Waals surface area contributed by atoms with Gasteiger partial charge in [0, 0.05) is 28.9 Å². The lowest BCUT2D eigenvalue weighted by Crippen LogP contribution is -2.35. The van der Waals surface area contributed by atoms with E-state index in [-0.39, 0.29) is 5.56 Å². The molecule has 0 aliphatic rings. The zero-order chi connectivity index (χ0) is 20.4. The number of rotatable bonds is 5. The maximum Gasteiger partial charge on any atom is 0.251 e. The molecule has 5 heteroatoms. The van der Waals surface area contributed by atoms with Crippen LogP contribution in [0.2, 0.25) is 0 Å². The summed E-state index contributed by atoms with van der Waals surface area (Å²) in [7, 11) is 0. The van der Waals surface area contributed by atoms with E-state index in [1.165, 1.54) is 0 Å². The molecule has 0 radical (unpaired) electrons. The first kappa shape index (κ1) is 18.9. The second-order valence-corrected chi connectivity index (χ2v) is 7.60. The second-order valence-electron chi connectivity index (χ2n) is 7.60.